The molecule has 0 spiro atoms. The molecule has 2 amide bonds. The standard InChI is InChI=1S/C15H26N2O2/c1-10(18)9-17(2)14(19)16-15-6-11-3-12(7-15)5-13(4-11)8-15/h10-13,18H,3-9H2,1-2H3,(H,16,19). The van der Waals surface area contributed by atoms with Crippen LogP contribution in [0.5, 0.6) is 0 Å². The van der Waals surface area contributed by atoms with E-state index in [0.717, 1.165) is 17.8 Å². The fourth-order valence-corrected chi connectivity index (χ4v) is 5.07. The van der Waals surface area contributed by atoms with Crippen molar-refractivity contribution < 1.29 is 9.90 Å². The van der Waals surface area contributed by atoms with Crippen molar-refractivity contribution in [1.82, 2.24) is 10.2 Å². The average molecular weight is 266 g/mol. The van der Waals surface area contributed by atoms with E-state index < -0.39 is 6.10 Å². The van der Waals surface area contributed by atoms with Gasteiger partial charge in [-0.25, -0.2) is 4.79 Å². The summed E-state index contributed by atoms with van der Waals surface area (Å²) in [4.78, 5) is 13.9. The van der Waals surface area contributed by atoms with Crippen molar-refractivity contribution >= 4 is 6.03 Å². The second kappa shape index (κ2) is 4.65. The third kappa shape index (κ3) is 2.60. The van der Waals surface area contributed by atoms with Gasteiger partial charge in [-0.15, -0.1) is 0 Å². The number of likely N-dealkylation sites (N-methyl/N-ethyl adjacent to an activating group) is 1. The first kappa shape index (κ1) is 13.2. The van der Waals surface area contributed by atoms with Crippen LogP contribution in [-0.2, 0) is 0 Å². The molecule has 0 radical (unpaired) electrons. The van der Waals surface area contributed by atoms with Gasteiger partial charge in [-0.2, -0.15) is 0 Å². The summed E-state index contributed by atoms with van der Waals surface area (Å²) in [6.07, 6.45) is 7.22. The van der Waals surface area contributed by atoms with E-state index in [1.165, 1.54) is 38.5 Å². The van der Waals surface area contributed by atoms with E-state index >= 15 is 0 Å². The summed E-state index contributed by atoms with van der Waals surface area (Å²) in [7, 11) is 1.77. The van der Waals surface area contributed by atoms with Crippen molar-refractivity contribution in [2.75, 3.05) is 13.6 Å². The molecule has 0 aliphatic heterocycles. The molecule has 4 bridgehead atoms. The lowest BCUT2D eigenvalue weighted by molar-refractivity contribution is -0.0158. The maximum absolute atomic E-state index is 12.3. The van der Waals surface area contributed by atoms with Gasteiger partial charge in [0.1, 0.15) is 0 Å². The first-order valence-corrected chi connectivity index (χ1v) is 7.67. The zero-order valence-corrected chi connectivity index (χ0v) is 12.1. The molecule has 2 N–H and O–H groups in total. The van der Waals surface area contributed by atoms with E-state index in [1.807, 2.05) is 0 Å². The number of carbonyl (C=O) groups excluding carboxylic acids is 1. The van der Waals surface area contributed by atoms with Crippen molar-refractivity contribution in [3.05, 3.63) is 0 Å². The Morgan fingerprint density at radius 2 is 1.74 bits per heavy atom. The minimum atomic E-state index is -0.466. The molecule has 0 aromatic carbocycles. The van der Waals surface area contributed by atoms with E-state index in [4.69, 9.17) is 0 Å². The number of hydrogen-bond donors (Lipinski definition) is 2. The van der Waals surface area contributed by atoms with Crippen molar-refractivity contribution in [2.24, 2.45) is 17.8 Å². The number of hydrogen-bond acceptors (Lipinski definition) is 2. The zero-order valence-electron chi connectivity index (χ0n) is 12.1. The van der Waals surface area contributed by atoms with E-state index in [2.05, 4.69) is 5.32 Å². The lowest BCUT2D eigenvalue weighted by Gasteiger charge is -2.57. The van der Waals surface area contributed by atoms with E-state index in [-0.39, 0.29) is 11.6 Å². The summed E-state index contributed by atoms with van der Waals surface area (Å²) in [6.45, 7) is 2.12. The van der Waals surface area contributed by atoms with Crippen LogP contribution in [0.15, 0.2) is 0 Å². The summed E-state index contributed by atoms with van der Waals surface area (Å²) < 4.78 is 0. The SMILES string of the molecule is CC(O)CN(C)C(=O)NC12CC3CC(CC(C3)C1)C2. The van der Waals surface area contributed by atoms with Crippen LogP contribution in [0.25, 0.3) is 0 Å². The van der Waals surface area contributed by atoms with Gasteiger partial charge in [0.2, 0.25) is 0 Å². The second-order valence-electron chi connectivity index (χ2n) is 7.36. The fourth-order valence-electron chi connectivity index (χ4n) is 5.07. The molecule has 4 rings (SSSR count). The molecule has 0 aromatic rings. The van der Waals surface area contributed by atoms with Crippen molar-refractivity contribution in [1.29, 1.82) is 0 Å². The van der Waals surface area contributed by atoms with E-state index in [9.17, 15) is 9.90 Å². The Morgan fingerprint density at radius 1 is 1.26 bits per heavy atom. The predicted molar refractivity (Wildman–Crippen MR) is 73.7 cm³/mol. The maximum atomic E-state index is 12.3. The quantitative estimate of drug-likeness (QED) is 0.820. The topological polar surface area (TPSA) is 52.6 Å². The van der Waals surface area contributed by atoms with Gasteiger partial charge >= 0.3 is 6.03 Å². The van der Waals surface area contributed by atoms with Crippen LogP contribution in [0, 0.1) is 17.8 Å². The zero-order chi connectivity index (χ0) is 13.6. The van der Waals surface area contributed by atoms with Gasteiger partial charge in [0.05, 0.1) is 6.10 Å². The summed E-state index contributed by atoms with van der Waals surface area (Å²) >= 11 is 0. The third-order valence-electron chi connectivity index (χ3n) is 5.30. The largest absolute Gasteiger partial charge is 0.392 e. The maximum Gasteiger partial charge on any atom is 0.317 e. The lowest BCUT2D eigenvalue weighted by atomic mass is 9.53. The Hall–Kier alpha value is -0.770. The van der Waals surface area contributed by atoms with E-state index in [1.54, 1.807) is 18.9 Å². The van der Waals surface area contributed by atoms with Gasteiger partial charge in [0.15, 0.2) is 0 Å². The predicted octanol–water partition coefficient (Wildman–Crippen LogP) is 1.98. The van der Waals surface area contributed by atoms with Gasteiger partial charge in [-0.1, -0.05) is 0 Å². The van der Waals surface area contributed by atoms with Crippen molar-refractivity contribution in [3.8, 4) is 0 Å². The molecule has 19 heavy (non-hydrogen) atoms. The highest BCUT2D eigenvalue weighted by molar-refractivity contribution is 5.75. The smallest absolute Gasteiger partial charge is 0.317 e. The first-order valence-electron chi connectivity index (χ1n) is 7.67. The number of aliphatic hydroxyl groups is 1. The second-order valence-corrected chi connectivity index (χ2v) is 7.36. The summed E-state index contributed by atoms with van der Waals surface area (Å²) in [5, 5.41) is 12.7. The molecule has 0 saturated heterocycles. The van der Waals surface area contributed by atoms with Gasteiger partial charge in [-0.05, 0) is 63.2 Å². The summed E-state index contributed by atoms with van der Waals surface area (Å²) in [5.74, 6) is 2.52. The summed E-state index contributed by atoms with van der Waals surface area (Å²) in [6, 6.07) is -0.0112. The van der Waals surface area contributed by atoms with Crippen LogP contribution >= 0.6 is 0 Å². The molecule has 108 valence electrons. The highest BCUT2D eigenvalue weighted by Crippen LogP contribution is 2.55. The molecule has 4 aliphatic carbocycles. The first-order chi connectivity index (χ1) is 8.96. The van der Waals surface area contributed by atoms with Crippen molar-refractivity contribution in [3.63, 3.8) is 0 Å². The number of aliphatic hydroxyl groups excluding tert-OH is 1. The van der Waals surface area contributed by atoms with Crippen LogP contribution < -0.4 is 5.32 Å². The highest BCUT2D eigenvalue weighted by Gasteiger charge is 2.51. The molecule has 4 heteroatoms. The Bertz CT molecular complexity index is 332. The van der Waals surface area contributed by atoms with Gasteiger partial charge in [0.25, 0.3) is 0 Å². The number of urea groups is 1. The Labute approximate surface area is 115 Å². The monoisotopic (exact) mass is 266 g/mol. The summed E-state index contributed by atoms with van der Waals surface area (Å²) in [5.41, 5.74) is 0.0682. The molecule has 4 saturated carbocycles. The lowest BCUT2D eigenvalue weighted by Crippen LogP contribution is -2.61. The normalized spacial score (nSPS) is 41.1. The molecule has 1 unspecified atom stereocenters. The van der Waals surface area contributed by atoms with E-state index in [0.29, 0.717) is 6.54 Å². The minimum absolute atomic E-state index is 0.0112. The molecule has 0 aromatic heterocycles. The molecule has 4 nitrogen and oxygen atoms in total. The van der Waals surface area contributed by atoms with Crippen LogP contribution in [0.1, 0.15) is 45.4 Å². The third-order valence-corrected chi connectivity index (χ3v) is 5.30. The van der Waals surface area contributed by atoms with Crippen LogP contribution in [0.2, 0.25) is 0 Å². The fraction of sp³-hybridized carbons (Fsp3) is 0.933. The van der Waals surface area contributed by atoms with Crippen LogP contribution in [-0.4, -0.2) is 41.3 Å². The molecular weight excluding hydrogens is 240 g/mol. The molecule has 0 heterocycles. The molecular formula is C15H26N2O2. The van der Waals surface area contributed by atoms with Gasteiger partial charge in [0, 0.05) is 19.1 Å². The number of rotatable bonds is 3. The van der Waals surface area contributed by atoms with Gasteiger partial charge in [-0.3, -0.25) is 0 Å². The van der Waals surface area contributed by atoms with Gasteiger partial charge < -0.3 is 15.3 Å². The number of nitrogens with zero attached hydrogens (tertiary/aromatic N) is 1. The molecule has 4 aliphatic rings. The highest BCUT2D eigenvalue weighted by atomic mass is 16.3. The average Bonchev–Trinajstić information content (AvgIpc) is 2.24. The van der Waals surface area contributed by atoms with Crippen molar-refractivity contribution in [2.45, 2.75) is 57.1 Å². The number of nitrogens with one attached hydrogen (secondary N) is 1. The van der Waals surface area contributed by atoms with Crippen LogP contribution in [0.4, 0.5) is 4.79 Å². The Balaban J connectivity index is 1.64. The number of carbonyl (C=O) groups is 1. The Kier molecular flexibility index (Phi) is 3.24. The minimum Gasteiger partial charge on any atom is -0.392 e. The number of amides is 2. The molecule has 4 fully saturated rings. The Morgan fingerprint density at radius 3 is 2.16 bits per heavy atom. The molecule has 1 atom stereocenters. The van der Waals surface area contributed by atoms with Crippen LogP contribution in [0.3, 0.4) is 0 Å².